The van der Waals surface area contributed by atoms with Crippen LogP contribution in [0, 0.1) is 6.92 Å². The number of carbonyl (C=O) groups is 2. The van der Waals surface area contributed by atoms with E-state index in [2.05, 4.69) is 11.0 Å². The van der Waals surface area contributed by atoms with Gasteiger partial charge >= 0.3 is 5.69 Å². The van der Waals surface area contributed by atoms with E-state index in [4.69, 9.17) is 9.72 Å². The van der Waals surface area contributed by atoms with Gasteiger partial charge in [0.25, 0.3) is 11.5 Å². The van der Waals surface area contributed by atoms with E-state index in [1.165, 1.54) is 16.5 Å². The molecule has 2 aromatic heterocycles. The van der Waals surface area contributed by atoms with Crippen molar-refractivity contribution in [3.05, 3.63) is 80.5 Å². The maximum atomic E-state index is 13.6. The summed E-state index contributed by atoms with van der Waals surface area (Å²) < 4.78 is 10.1. The second kappa shape index (κ2) is 11.2. The summed E-state index contributed by atoms with van der Waals surface area (Å²) in [5.41, 5.74) is 2.45. The van der Waals surface area contributed by atoms with Crippen molar-refractivity contribution >= 4 is 34.6 Å². The average molecular weight is 586 g/mol. The number of hydrogen-bond donors (Lipinski definition) is 0. The summed E-state index contributed by atoms with van der Waals surface area (Å²) in [6.45, 7) is 6.81. The Kier molecular flexibility index (Phi) is 7.38. The van der Waals surface area contributed by atoms with Crippen LogP contribution in [0.3, 0.4) is 0 Å². The van der Waals surface area contributed by atoms with Gasteiger partial charge in [-0.2, -0.15) is 4.98 Å². The van der Waals surface area contributed by atoms with Crippen LogP contribution >= 0.6 is 0 Å². The minimum Gasteiger partial charge on any atom is -0.492 e. The van der Waals surface area contributed by atoms with E-state index in [1.54, 1.807) is 25.2 Å². The molecule has 4 aromatic rings. The molecule has 224 valence electrons. The third-order valence-electron chi connectivity index (χ3n) is 8.32. The molecular formula is C31H35N7O5. The normalized spacial score (nSPS) is 17.8. The lowest BCUT2D eigenvalue weighted by molar-refractivity contribution is -0.123. The maximum absolute atomic E-state index is 13.6. The molecule has 0 N–H and O–H groups in total. The molecule has 2 aliphatic rings. The zero-order valence-electron chi connectivity index (χ0n) is 24.8. The highest BCUT2D eigenvalue weighted by atomic mass is 16.5. The highest BCUT2D eigenvalue weighted by molar-refractivity contribution is 6.23. The molecule has 0 radical (unpaired) electrons. The Hall–Kier alpha value is -4.71. The monoisotopic (exact) mass is 585 g/mol. The van der Waals surface area contributed by atoms with E-state index in [0.717, 1.165) is 15.7 Å². The number of para-hydroxylation sites is 2. The van der Waals surface area contributed by atoms with E-state index >= 15 is 0 Å². The van der Waals surface area contributed by atoms with Gasteiger partial charge in [-0.15, -0.1) is 0 Å². The number of hydrogen-bond acceptors (Lipinski definition) is 8. The van der Waals surface area contributed by atoms with Crippen molar-refractivity contribution < 1.29 is 14.3 Å². The van der Waals surface area contributed by atoms with Gasteiger partial charge in [-0.25, -0.2) is 9.69 Å². The molecular weight excluding hydrogens is 550 g/mol. The molecule has 0 aliphatic carbocycles. The fourth-order valence-corrected chi connectivity index (χ4v) is 6.13. The molecule has 6 rings (SSSR count). The van der Waals surface area contributed by atoms with Crippen LogP contribution in [-0.2, 0) is 30.2 Å². The smallest absolute Gasteiger partial charge is 0.332 e. The number of imidazole rings is 1. The van der Waals surface area contributed by atoms with E-state index in [9.17, 15) is 19.2 Å². The number of benzene rings is 2. The SMILES string of the molecule is CCOc1ccccc1N1C(=O)CC(N2CCN(c3nc4c(c(=O)n(C)c(=O)n4C)n3Cc3cccc(C)c3)CC2)C1=O. The van der Waals surface area contributed by atoms with Crippen molar-refractivity contribution in [2.24, 2.45) is 14.1 Å². The van der Waals surface area contributed by atoms with Crippen LogP contribution in [0.25, 0.3) is 11.2 Å². The van der Waals surface area contributed by atoms with Crippen LogP contribution < -0.4 is 25.8 Å². The highest BCUT2D eigenvalue weighted by Gasteiger charge is 2.44. The Morgan fingerprint density at radius 3 is 2.40 bits per heavy atom. The zero-order chi connectivity index (χ0) is 30.4. The molecule has 43 heavy (non-hydrogen) atoms. The lowest BCUT2D eigenvalue weighted by Crippen LogP contribution is -2.53. The second-order valence-electron chi connectivity index (χ2n) is 11.1. The second-order valence-corrected chi connectivity index (χ2v) is 11.1. The van der Waals surface area contributed by atoms with Crippen molar-refractivity contribution in [1.29, 1.82) is 0 Å². The number of nitrogens with zero attached hydrogens (tertiary/aromatic N) is 7. The average Bonchev–Trinajstić information content (AvgIpc) is 3.52. The number of anilines is 2. The Labute approximate surface area is 248 Å². The van der Waals surface area contributed by atoms with Crippen LogP contribution in [-0.4, -0.2) is 74.2 Å². The molecule has 2 amide bonds. The van der Waals surface area contributed by atoms with Crippen LogP contribution in [0.15, 0.2) is 58.1 Å². The molecule has 2 aromatic carbocycles. The quantitative estimate of drug-likeness (QED) is 0.301. The standard InChI is InChI=1S/C31H35N7O5/c1-5-43-24-12-7-6-11-22(24)38-25(39)18-23(28(38)40)35-13-15-36(16-14-35)30-32-27-26(29(41)34(4)31(42)33(27)3)37(30)19-21-10-8-9-20(2)17-21/h6-12,17,23H,5,13-16,18-19H2,1-4H3. The number of rotatable bonds is 7. The number of aryl methyl sites for hydroxylation is 2. The van der Waals surface area contributed by atoms with Crippen LogP contribution in [0.4, 0.5) is 11.6 Å². The van der Waals surface area contributed by atoms with E-state index in [-0.39, 0.29) is 18.2 Å². The van der Waals surface area contributed by atoms with Gasteiger partial charge in [0.1, 0.15) is 5.75 Å². The van der Waals surface area contributed by atoms with Crippen molar-refractivity contribution in [3.8, 4) is 5.75 Å². The van der Waals surface area contributed by atoms with E-state index < -0.39 is 17.3 Å². The Balaban J connectivity index is 1.28. The van der Waals surface area contributed by atoms with Crippen molar-refractivity contribution in [3.63, 3.8) is 0 Å². The first kappa shape index (κ1) is 28.4. The molecule has 1 atom stereocenters. The summed E-state index contributed by atoms with van der Waals surface area (Å²) in [4.78, 5) is 62.9. The fraction of sp³-hybridized carbons (Fsp3) is 0.387. The van der Waals surface area contributed by atoms with Crippen LogP contribution in [0.2, 0.25) is 0 Å². The van der Waals surface area contributed by atoms with Crippen molar-refractivity contribution in [1.82, 2.24) is 23.6 Å². The Morgan fingerprint density at radius 1 is 0.930 bits per heavy atom. The summed E-state index contributed by atoms with van der Waals surface area (Å²) >= 11 is 0. The molecule has 0 spiro atoms. The van der Waals surface area contributed by atoms with Crippen molar-refractivity contribution in [2.75, 3.05) is 42.6 Å². The molecule has 0 saturated carbocycles. The number of fused-ring (bicyclic) bond motifs is 1. The number of carbonyl (C=O) groups excluding carboxylic acids is 2. The molecule has 4 heterocycles. The maximum Gasteiger partial charge on any atom is 0.332 e. The van der Waals surface area contributed by atoms with E-state index in [1.807, 2.05) is 47.6 Å². The number of imide groups is 1. The molecule has 2 fully saturated rings. The first-order valence-corrected chi connectivity index (χ1v) is 14.5. The summed E-state index contributed by atoms with van der Waals surface area (Å²) in [5.74, 6) is 0.595. The third-order valence-corrected chi connectivity index (χ3v) is 8.32. The first-order chi connectivity index (χ1) is 20.7. The van der Waals surface area contributed by atoms with Crippen LogP contribution in [0.1, 0.15) is 24.5 Å². The lowest BCUT2D eigenvalue weighted by atomic mass is 10.1. The minimum absolute atomic E-state index is 0.101. The molecule has 0 bridgehead atoms. The van der Waals surface area contributed by atoms with Gasteiger partial charge < -0.3 is 9.64 Å². The lowest BCUT2D eigenvalue weighted by Gasteiger charge is -2.37. The largest absolute Gasteiger partial charge is 0.492 e. The Morgan fingerprint density at radius 2 is 1.67 bits per heavy atom. The highest BCUT2D eigenvalue weighted by Crippen LogP contribution is 2.34. The molecule has 12 heteroatoms. The summed E-state index contributed by atoms with van der Waals surface area (Å²) in [7, 11) is 3.09. The minimum atomic E-state index is -0.566. The number of piperazine rings is 1. The van der Waals surface area contributed by atoms with Gasteiger partial charge in [0.15, 0.2) is 11.2 Å². The summed E-state index contributed by atoms with van der Waals surface area (Å²) in [6.07, 6.45) is 0.101. The van der Waals surface area contributed by atoms with Gasteiger partial charge in [-0.3, -0.25) is 33.0 Å². The first-order valence-electron chi connectivity index (χ1n) is 14.5. The molecule has 1 unspecified atom stereocenters. The van der Waals surface area contributed by atoms with Gasteiger partial charge in [0.2, 0.25) is 11.9 Å². The predicted octanol–water partition coefficient (Wildman–Crippen LogP) is 1.64. The van der Waals surface area contributed by atoms with Gasteiger partial charge in [-0.1, -0.05) is 42.0 Å². The fourth-order valence-electron chi connectivity index (χ4n) is 6.13. The number of ether oxygens (including phenoxy) is 1. The van der Waals surface area contributed by atoms with Crippen LogP contribution in [0.5, 0.6) is 5.75 Å². The molecule has 12 nitrogen and oxygen atoms in total. The van der Waals surface area contributed by atoms with Gasteiger partial charge in [0, 0.05) is 40.3 Å². The molecule has 2 aliphatic heterocycles. The van der Waals surface area contributed by atoms with Crippen molar-refractivity contribution in [2.45, 2.75) is 32.9 Å². The topological polar surface area (TPSA) is 115 Å². The Bertz CT molecular complexity index is 1850. The number of amides is 2. The van der Waals surface area contributed by atoms with E-state index in [0.29, 0.717) is 67.9 Å². The summed E-state index contributed by atoms with van der Waals surface area (Å²) in [6, 6.07) is 14.6. The predicted molar refractivity (Wildman–Crippen MR) is 163 cm³/mol. The molecule has 2 saturated heterocycles. The third kappa shape index (κ3) is 4.91. The van der Waals surface area contributed by atoms with Gasteiger partial charge in [-0.05, 0) is 31.5 Å². The summed E-state index contributed by atoms with van der Waals surface area (Å²) in [5, 5.41) is 0. The zero-order valence-corrected chi connectivity index (χ0v) is 24.8. The number of aromatic nitrogens is 4. The van der Waals surface area contributed by atoms with Gasteiger partial charge in [0.05, 0.1) is 31.3 Å².